The average Bonchev–Trinajstić information content (AvgIpc) is 2.64. The number of ether oxygens (including phenoxy) is 1. The van der Waals surface area contributed by atoms with Crippen LogP contribution in [-0.4, -0.2) is 43.9 Å². The molecule has 0 amide bonds. The maximum Gasteiger partial charge on any atom is 0.344 e. The van der Waals surface area contributed by atoms with Gasteiger partial charge in [-0.05, 0) is 44.9 Å². The van der Waals surface area contributed by atoms with Gasteiger partial charge in [0, 0.05) is 30.4 Å². The molecule has 0 saturated carbocycles. The van der Waals surface area contributed by atoms with E-state index in [2.05, 4.69) is 24.0 Å². The number of hydrogen-bond donors (Lipinski definition) is 2. The summed E-state index contributed by atoms with van der Waals surface area (Å²) in [5.41, 5.74) is 8.66. The SMILES string of the molecule is Cc1cc(C)nc(N2CCCC(COc3cccc4c3C(N)=NS(=O)(=O)N4)C2)n1. The first-order valence-electron chi connectivity index (χ1n) is 9.52. The summed E-state index contributed by atoms with van der Waals surface area (Å²) in [4.78, 5) is 11.3. The van der Waals surface area contributed by atoms with Gasteiger partial charge >= 0.3 is 10.2 Å². The quantitative estimate of drug-likeness (QED) is 0.778. The standard InChI is InChI=1S/C19H24N6O3S/c1-12-9-13(2)22-19(21-12)25-8-4-5-14(10-25)11-28-16-7-3-6-15-17(16)18(20)24-29(26,27)23-15/h3,6-7,9,14,23H,4-5,8,10-11H2,1-2H3,(H2,20,24). The van der Waals surface area contributed by atoms with Crippen molar-refractivity contribution < 1.29 is 13.2 Å². The number of aromatic nitrogens is 2. The van der Waals surface area contributed by atoms with Gasteiger partial charge in [0.1, 0.15) is 5.75 Å². The van der Waals surface area contributed by atoms with Gasteiger partial charge in [-0.2, -0.15) is 8.42 Å². The summed E-state index contributed by atoms with van der Waals surface area (Å²) < 4.78 is 35.4. The number of hydrogen-bond acceptors (Lipinski definition) is 7. The monoisotopic (exact) mass is 416 g/mol. The van der Waals surface area contributed by atoms with Gasteiger partial charge < -0.3 is 15.4 Å². The molecule has 1 unspecified atom stereocenters. The molecule has 29 heavy (non-hydrogen) atoms. The van der Waals surface area contributed by atoms with Crippen molar-refractivity contribution in [2.24, 2.45) is 16.0 Å². The maximum absolute atomic E-state index is 11.7. The molecule has 1 aromatic heterocycles. The summed E-state index contributed by atoms with van der Waals surface area (Å²) in [6, 6.07) is 7.11. The van der Waals surface area contributed by atoms with Crippen molar-refractivity contribution in [1.82, 2.24) is 9.97 Å². The third-order valence-electron chi connectivity index (χ3n) is 4.99. The highest BCUT2D eigenvalue weighted by Gasteiger charge is 2.26. The number of fused-ring (bicyclic) bond motifs is 1. The van der Waals surface area contributed by atoms with Gasteiger partial charge in [0.25, 0.3) is 0 Å². The van der Waals surface area contributed by atoms with Crippen molar-refractivity contribution in [3.05, 3.63) is 41.2 Å². The molecule has 154 valence electrons. The van der Waals surface area contributed by atoms with Gasteiger partial charge in [-0.1, -0.05) is 6.07 Å². The Balaban J connectivity index is 1.47. The Morgan fingerprint density at radius 2 is 2.03 bits per heavy atom. The van der Waals surface area contributed by atoms with Crippen molar-refractivity contribution in [3.8, 4) is 5.75 Å². The van der Waals surface area contributed by atoms with Crippen molar-refractivity contribution in [2.75, 3.05) is 29.3 Å². The minimum absolute atomic E-state index is 0.0664. The second-order valence-electron chi connectivity index (χ2n) is 7.45. The fraction of sp³-hybridized carbons (Fsp3) is 0.421. The molecule has 1 saturated heterocycles. The van der Waals surface area contributed by atoms with Crippen molar-refractivity contribution >= 4 is 27.7 Å². The van der Waals surface area contributed by atoms with Crippen LogP contribution >= 0.6 is 0 Å². The van der Waals surface area contributed by atoms with Crippen LogP contribution in [0.25, 0.3) is 0 Å². The van der Waals surface area contributed by atoms with Gasteiger partial charge in [-0.3, -0.25) is 4.72 Å². The number of benzene rings is 1. The largest absolute Gasteiger partial charge is 0.492 e. The highest BCUT2D eigenvalue weighted by atomic mass is 32.2. The third kappa shape index (κ3) is 4.26. The lowest BCUT2D eigenvalue weighted by molar-refractivity contribution is 0.228. The van der Waals surface area contributed by atoms with E-state index < -0.39 is 10.2 Å². The fourth-order valence-electron chi connectivity index (χ4n) is 3.78. The van der Waals surface area contributed by atoms with Crippen molar-refractivity contribution in [1.29, 1.82) is 0 Å². The van der Waals surface area contributed by atoms with Gasteiger partial charge in [0.05, 0.1) is 17.9 Å². The molecule has 3 N–H and O–H groups in total. The number of rotatable bonds is 4. The average molecular weight is 417 g/mol. The van der Waals surface area contributed by atoms with Crippen molar-refractivity contribution in [2.45, 2.75) is 26.7 Å². The number of amidine groups is 1. The highest BCUT2D eigenvalue weighted by Crippen LogP contribution is 2.31. The van der Waals surface area contributed by atoms with Crippen LogP contribution in [0.1, 0.15) is 29.8 Å². The molecule has 0 bridgehead atoms. The zero-order valence-electron chi connectivity index (χ0n) is 16.4. The zero-order valence-corrected chi connectivity index (χ0v) is 17.2. The molecule has 1 aromatic carbocycles. The molecule has 2 aliphatic heterocycles. The van der Waals surface area contributed by atoms with Crippen LogP contribution in [0.5, 0.6) is 5.75 Å². The fourth-order valence-corrected chi connectivity index (χ4v) is 4.62. The number of aryl methyl sites for hydroxylation is 2. The van der Waals surface area contributed by atoms with E-state index in [1.165, 1.54) is 0 Å². The third-order valence-corrected chi connectivity index (χ3v) is 5.90. The molecule has 0 radical (unpaired) electrons. The maximum atomic E-state index is 11.7. The first-order valence-corrected chi connectivity index (χ1v) is 11.0. The molecular weight excluding hydrogens is 392 g/mol. The van der Waals surface area contributed by atoms with Crippen LogP contribution in [0, 0.1) is 19.8 Å². The molecule has 0 spiro atoms. The van der Waals surface area contributed by atoms with Crippen LogP contribution in [0.15, 0.2) is 28.7 Å². The van der Waals surface area contributed by atoms with Gasteiger partial charge in [0.2, 0.25) is 5.95 Å². The first-order chi connectivity index (χ1) is 13.8. The van der Waals surface area contributed by atoms with E-state index in [9.17, 15) is 8.42 Å². The predicted octanol–water partition coefficient (Wildman–Crippen LogP) is 1.76. The molecule has 10 heteroatoms. The summed E-state index contributed by atoms with van der Waals surface area (Å²) in [6.07, 6.45) is 2.06. The number of nitrogens with zero attached hydrogens (tertiary/aromatic N) is 4. The van der Waals surface area contributed by atoms with Crippen LogP contribution in [-0.2, 0) is 10.2 Å². The Kier molecular flexibility index (Phi) is 5.03. The van der Waals surface area contributed by atoms with Gasteiger partial charge in [-0.25, -0.2) is 9.97 Å². The van der Waals surface area contributed by atoms with E-state index in [1.807, 2.05) is 19.9 Å². The van der Waals surface area contributed by atoms with Gasteiger partial charge in [0.15, 0.2) is 5.84 Å². The molecule has 3 heterocycles. The van der Waals surface area contributed by atoms with Crippen LogP contribution < -0.4 is 20.1 Å². The second kappa shape index (κ2) is 7.51. The Morgan fingerprint density at radius 1 is 1.28 bits per heavy atom. The molecule has 4 rings (SSSR count). The van der Waals surface area contributed by atoms with E-state index in [-0.39, 0.29) is 5.84 Å². The van der Waals surface area contributed by atoms with Crippen molar-refractivity contribution in [3.63, 3.8) is 0 Å². The van der Waals surface area contributed by atoms with E-state index in [0.717, 1.165) is 43.3 Å². The first kappa shape index (κ1) is 19.4. The molecule has 2 aliphatic rings. The molecule has 2 aromatic rings. The topological polar surface area (TPSA) is 123 Å². The normalized spacial score (nSPS) is 20.4. The summed E-state index contributed by atoms with van der Waals surface area (Å²) in [5, 5.41) is 0. The minimum atomic E-state index is -3.81. The number of nitrogens with two attached hydrogens (primary N) is 1. The lowest BCUT2D eigenvalue weighted by atomic mass is 9.99. The lowest BCUT2D eigenvalue weighted by Gasteiger charge is -2.33. The summed E-state index contributed by atoms with van der Waals surface area (Å²) in [6.45, 7) is 6.15. The summed E-state index contributed by atoms with van der Waals surface area (Å²) in [7, 11) is -3.81. The number of anilines is 2. The Bertz CT molecular complexity index is 1050. The second-order valence-corrected chi connectivity index (χ2v) is 8.79. The van der Waals surface area contributed by atoms with E-state index in [0.29, 0.717) is 29.5 Å². The van der Waals surface area contributed by atoms with Crippen LogP contribution in [0.2, 0.25) is 0 Å². The Labute approximate surface area is 170 Å². The summed E-state index contributed by atoms with van der Waals surface area (Å²) in [5.74, 6) is 1.51. The van der Waals surface area contributed by atoms with E-state index in [4.69, 9.17) is 10.5 Å². The van der Waals surface area contributed by atoms with E-state index >= 15 is 0 Å². The summed E-state index contributed by atoms with van der Waals surface area (Å²) >= 11 is 0. The van der Waals surface area contributed by atoms with E-state index in [1.54, 1.807) is 18.2 Å². The van der Waals surface area contributed by atoms with Crippen LogP contribution in [0.3, 0.4) is 0 Å². The number of nitrogens with one attached hydrogen (secondary N) is 1. The number of piperidine rings is 1. The molecule has 0 aliphatic carbocycles. The molecule has 1 fully saturated rings. The molecular formula is C19H24N6O3S. The van der Waals surface area contributed by atoms with Crippen LogP contribution in [0.4, 0.5) is 11.6 Å². The lowest BCUT2D eigenvalue weighted by Crippen LogP contribution is -2.39. The zero-order chi connectivity index (χ0) is 20.6. The predicted molar refractivity (Wildman–Crippen MR) is 112 cm³/mol. The molecule has 9 nitrogen and oxygen atoms in total. The molecule has 1 atom stereocenters. The van der Waals surface area contributed by atoms with Gasteiger partial charge in [-0.15, -0.1) is 4.40 Å². The Hall–Kier alpha value is -2.88. The highest BCUT2D eigenvalue weighted by molar-refractivity contribution is 7.91. The Morgan fingerprint density at radius 3 is 2.79 bits per heavy atom. The minimum Gasteiger partial charge on any atom is -0.492 e. The smallest absolute Gasteiger partial charge is 0.344 e.